The minimum absolute atomic E-state index is 0.0361. The zero-order valence-electron chi connectivity index (χ0n) is 14.5. The molecule has 3 aromatic rings. The number of hydrogen-bond acceptors (Lipinski definition) is 4. The molecule has 0 aromatic heterocycles. The number of aromatic carboxylic acids is 1. The van der Waals surface area contributed by atoms with Gasteiger partial charge in [0.25, 0.3) is 10.0 Å². The Morgan fingerprint density at radius 3 is 2.32 bits per heavy atom. The summed E-state index contributed by atoms with van der Waals surface area (Å²) in [4.78, 5) is 10.9. The second-order valence-corrected chi connectivity index (χ2v) is 7.53. The van der Waals surface area contributed by atoms with E-state index in [2.05, 4.69) is 4.72 Å². The van der Waals surface area contributed by atoms with Crippen LogP contribution >= 0.6 is 0 Å². The van der Waals surface area contributed by atoms with Crippen LogP contribution in [0.3, 0.4) is 0 Å². The van der Waals surface area contributed by atoms with Crippen LogP contribution in [-0.2, 0) is 16.6 Å². The lowest BCUT2D eigenvalue weighted by Gasteiger charge is -2.14. The molecule has 3 rings (SSSR count). The van der Waals surface area contributed by atoms with E-state index in [1.54, 1.807) is 30.3 Å². The summed E-state index contributed by atoms with van der Waals surface area (Å²) < 4.78 is 46.6. The maximum absolute atomic E-state index is 13.7. The van der Waals surface area contributed by atoms with E-state index in [4.69, 9.17) is 9.84 Å². The Balaban J connectivity index is 1.80. The van der Waals surface area contributed by atoms with Gasteiger partial charge in [-0.25, -0.2) is 17.6 Å². The molecule has 28 heavy (non-hydrogen) atoms. The highest BCUT2D eigenvalue weighted by Crippen LogP contribution is 2.28. The smallest absolute Gasteiger partial charge is 0.335 e. The Bertz CT molecular complexity index is 1080. The van der Waals surface area contributed by atoms with Crippen molar-refractivity contribution < 1.29 is 27.4 Å². The molecule has 8 heteroatoms. The van der Waals surface area contributed by atoms with Crippen LogP contribution in [0.2, 0.25) is 0 Å². The van der Waals surface area contributed by atoms with Crippen molar-refractivity contribution in [2.45, 2.75) is 11.5 Å². The maximum Gasteiger partial charge on any atom is 0.335 e. The number of rotatable bonds is 7. The highest BCUT2D eigenvalue weighted by molar-refractivity contribution is 7.92. The van der Waals surface area contributed by atoms with Gasteiger partial charge in [-0.2, -0.15) is 0 Å². The van der Waals surface area contributed by atoms with Crippen molar-refractivity contribution in [2.24, 2.45) is 0 Å². The highest BCUT2D eigenvalue weighted by Gasteiger charge is 2.17. The molecule has 0 aliphatic carbocycles. The predicted molar refractivity (Wildman–Crippen MR) is 101 cm³/mol. The highest BCUT2D eigenvalue weighted by atomic mass is 32.2. The second-order valence-electron chi connectivity index (χ2n) is 5.85. The van der Waals surface area contributed by atoms with Gasteiger partial charge in [-0.15, -0.1) is 0 Å². The molecule has 0 saturated carbocycles. The first kappa shape index (κ1) is 19.4. The van der Waals surface area contributed by atoms with Crippen molar-refractivity contribution in [1.29, 1.82) is 0 Å². The molecule has 0 fully saturated rings. The average molecular weight is 401 g/mol. The molecule has 3 aromatic carbocycles. The van der Waals surface area contributed by atoms with Crippen molar-refractivity contribution in [2.75, 3.05) is 4.72 Å². The first-order valence-electron chi connectivity index (χ1n) is 8.17. The van der Waals surface area contributed by atoms with Crippen molar-refractivity contribution in [1.82, 2.24) is 0 Å². The van der Waals surface area contributed by atoms with Gasteiger partial charge in [0, 0.05) is 6.07 Å². The van der Waals surface area contributed by atoms with E-state index in [1.807, 2.05) is 0 Å². The molecule has 144 valence electrons. The third-order valence-corrected chi connectivity index (χ3v) is 5.22. The summed E-state index contributed by atoms with van der Waals surface area (Å²) in [5, 5.41) is 8.92. The van der Waals surface area contributed by atoms with Gasteiger partial charge in [-0.05, 0) is 42.0 Å². The summed E-state index contributed by atoms with van der Waals surface area (Å²) >= 11 is 0. The molecule has 0 radical (unpaired) electrons. The number of hydrogen-bond donors (Lipinski definition) is 2. The third kappa shape index (κ3) is 4.66. The lowest BCUT2D eigenvalue weighted by atomic mass is 10.1. The molecule has 0 aliphatic rings. The van der Waals surface area contributed by atoms with Crippen LogP contribution in [0.5, 0.6) is 5.75 Å². The number of carboxylic acid groups (broad SMARTS) is 1. The Kier molecular flexibility index (Phi) is 5.60. The lowest BCUT2D eigenvalue weighted by Crippen LogP contribution is -2.14. The van der Waals surface area contributed by atoms with E-state index in [0.717, 1.165) is 12.1 Å². The van der Waals surface area contributed by atoms with Gasteiger partial charge in [-0.1, -0.05) is 30.3 Å². The van der Waals surface area contributed by atoms with E-state index in [0.29, 0.717) is 5.56 Å². The molecule has 0 unspecified atom stereocenters. The SMILES string of the molecule is O=C(O)c1ccc(COc2ccc(F)cc2NS(=O)(=O)c2ccccc2)cc1. The van der Waals surface area contributed by atoms with Crippen molar-refractivity contribution in [3.63, 3.8) is 0 Å². The van der Waals surface area contributed by atoms with Crippen LogP contribution in [0.15, 0.2) is 77.7 Å². The molecule has 0 heterocycles. The number of benzene rings is 3. The molecule has 6 nitrogen and oxygen atoms in total. The topological polar surface area (TPSA) is 92.7 Å². The van der Waals surface area contributed by atoms with E-state index in [1.165, 1.54) is 30.3 Å². The second kappa shape index (κ2) is 8.10. The zero-order valence-corrected chi connectivity index (χ0v) is 15.3. The fraction of sp³-hybridized carbons (Fsp3) is 0.0500. The summed E-state index contributed by atoms with van der Waals surface area (Å²) in [7, 11) is -3.91. The normalized spacial score (nSPS) is 11.0. The van der Waals surface area contributed by atoms with E-state index in [9.17, 15) is 17.6 Å². The van der Waals surface area contributed by atoms with Crippen LogP contribution in [-0.4, -0.2) is 19.5 Å². The number of anilines is 1. The van der Waals surface area contributed by atoms with Gasteiger partial charge in [0.05, 0.1) is 16.1 Å². The first-order chi connectivity index (χ1) is 13.3. The quantitative estimate of drug-likeness (QED) is 0.626. The standard InChI is InChI=1S/C20H16FNO5S/c21-16-10-11-19(27-13-14-6-8-15(9-7-14)20(23)24)18(12-16)22-28(25,26)17-4-2-1-3-5-17/h1-12,22H,13H2,(H,23,24). The summed E-state index contributed by atoms with van der Waals surface area (Å²) in [6.45, 7) is 0.0472. The molecule has 0 bridgehead atoms. The molecule has 0 amide bonds. The van der Waals surface area contributed by atoms with Crippen molar-refractivity contribution >= 4 is 21.7 Å². The summed E-state index contributed by atoms with van der Waals surface area (Å²) in [6, 6.07) is 17.2. The molecule has 0 saturated heterocycles. The van der Waals surface area contributed by atoms with Gasteiger partial charge in [0.15, 0.2) is 0 Å². The number of sulfonamides is 1. The Morgan fingerprint density at radius 2 is 1.68 bits per heavy atom. The Hall–Kier alpha value is -3.39. The number of halogens is 1. The van der Waals surface area contributed by atoms with E-state index >= 15 is 0 Å². The maximum atomic E-state index is 13.7. The largest absolute Gasteiger partial charge is 0.487 e. The van der Waals surface area contributed by atoms with Crippen LogP contribution in [0.4, 0.5) is 10.1 Å². The predicted octanol–water partition coefficient (Wildman–Crippen LogP) is 3.90. The third-order valence-electron chi connectivity index (χ3n) is 3.83. The van der Waals surface area contributed by atoms with Crippen LogP contribution in [0, 0.1) is 5.82 Å². The summed E-state index contributed by atoms with van der Waals surface area (Å²) in [5.74, 6) is -1.52. The fourth-order valence-electron chi connectivity index (χ4n) is 2.42. The summed E-state index contributed by atoms with van der Waals surface area (Å²) in [6.07, 6.45) is 0. The molecule has 0 spiro atoms. The van der Waals surface area contributed by atoms with E-state index in [-0.39, 0.29) is 28.5 Å². The Labute approximate surface area is 161 Å². The first-order valence-corrected chi connectivity index (χ1v) is 9.66. The number of carboxylic acids is 1. The number of carbonyl (C=O) groups is 1. The van der Waals surface area contributed by atoms with E-state index < -0.39 is 21.8 Å². The average Bonchev–Trinajstić information content (AvgIpc) is 2.68. The van der Waals surface area contributed by atoms with Gasteiger partial charge < -0.3 is 9.84 Å². The molecule has 0 aliphatic heterocycles. The van der Waals surface area contributed by atoms with Crippen LogP contribution in [0.25, 0.3) is 0 Å². The monoisotopic (exact) mass is 401 g/mol. The van der Waals surface area contributed by atoms with Crippen molar-refractivity contribution in [3.05, 3.63) is 89.7 Å². The van der Waals surface area contributed by atoms with Crippen LogP contribution in [0.1, 0.15) is 15.9 Å². The lowest BCUT2D eigenvalue weighted by molar-refractivity contribution is 0.0697. The van der Waals surface area contributed by atoms with Gasteiger partial charge in [0.2, 0.25) is 0 Å². The number of nitrogens with one attached hydrogen (secondary N) is 1. The van der Waals surface area contributed by atoms with Gasteiger partial charge in [0.1, 0.15) is 18.2 Å². The van der Waals surface area contributed by atoms with Crippen LogP contribution < -0.4 is 9.46 Å². The molecular formula is C20H16FNO5S. The number of ether oxygens (including phenoxy) is 1. The summed E-state index contributed by atoms with van der Waals surface area (Å²) in [5.41, 5.74) is 0.777. The molecule has 0 atom stereocenters. The minimum Gasteiger partial charge on any atom is -0.487 e. The van der Waals surface area contributed by atoms with Crippen molar-refractivity contribution in [3.8, 4) is 5.75 Å². The van der Waals surface area contributed by atoms with Gasteiger partial charge >= 0.3 is 5.97 Å². The molecular weight excluding hydrogens is 385 g/mol. The molecule has 2 N–H and O–H groups in total. The fourth-order valence-corrected chi connectivity index (χ4v) is 3.50. The minimum atomic E-state index is -3.91. The Morgan fingerprint density at radius 1 is 1.00 bits per heavy atom. The zero-order chi connectivity index (χ0) is 20.1. The van der Waals surface area contributed by atoms with Gasteiger partial charge in [-0.3, -0.25) is 4.72 Å².